The summed E-state index contributed by atoms with van der Waals surface area (Å²) in [6.07, 6.45) is 23.6. The van der Waals surface area contributed by atoms with Crippen LogP contribution in [0.4, 0.5) is 0 Å². The molecular weight excluding hydrogens is 316 g/mol. The van der Waals surface area contributed by atoms with Crippen molar-refractivity contribution in [2.24, 2.45) is 0 Å². The minimum absolute atomic E-state index is 0.936. The fourth-order valence-corrected chi connectivity index (χ4v) is 3.64. The van der Waals surface area contributed by atoms with Crippen LogP contribution in [0.2, 0.25) is 0 Å². The lowest BCUT2D eigenvalue weighted by molar-refractivity contribution is 0.436. The van der Waals surface area contributed by atoms with Gasteiger partial charge in [-0.15, -0.1) is 0 Å². The first kappa shape index (κ1) is 20.8. The highest BCUT2D eigenvalue weighted by atomic mass is 16.5. The monoisotopic (exact) mass is 354 g/mol. The molecule has 1 heteroatoms. The lowest BCUT2D eigenvalue weighted by Gasteiger charge is -2.15. The van der Waals surface area contributed by atoms with Crippen LogP contribution < -0.4 is 4.74 Å². The maximum absolute atomic E-state index is 5.98. The third-order valence-corrected chi connectivity index (χ3v) is 5.24. The average molecular weight is 355 g/mol. The first-order valence-corrected chi connectivity index (χ1v) is 11.0. The molecule has 1 nitrogen and oxygen atoms in total. The molecular formula is C25H38O. The van der Waals surface area contributed by atoms with E-state index in [2.05, 4.69) is 19.1 Å². The fourth-order valence-electron chi connectivity index (χ4n) is 3.64. The van der Waals surface area contributed by atoms with E-state index in [4.69, 9.17) is 4.74 Å². The van der Waals surface area contributed by atoms with Gasteiger partial charge in [0.05, 0.1) is 0 Å². The van der Waals surface area contributed by atoms with Crippen LogP contribution in [0, 0.1) is 0 Å². The van der Waals surface area contributed by atoms with Gasteiger partial charge in [0, 0.05) is 0 Å². The van der Waals surface area contributed by atoms with Crippen molar-refractivity contribution in [3.63, 3.8) is 0 Å². The molecule has 1 aromatic rings. The third-order valence-electron chi connectivity index (χ3n) is 5.24. The van der Waals surface area contributed by atoms with E-state index in [9.17, 15) is 0 Å². The predicted molar refractivity (Wildman–Crippen MR) is 114 cm³/mol. The lowest BCUT2D eigenvalue weighted by Crippen LogP contribution is -1.99. The molecule has 0 radical (unpaired) electrons. The minimum Gasteiger partial charge on any atom is -0.458 e. The van der Waals surface area contributed by atoms with E-state index >= 15 is 0 Å². The molecule has 0 N–H and O–H groups in total. The Labute approximate surface area is 161 Å². The smallest absolute Gasteiger partial charge is 0.127 e. The summed E-state index contributed by atoms with van der Waals surface area (Å²) in [5, 5.41) is 0. The SMILES string of the molecule is CCCCCCCCCCCCCC1=CC(Oc2ccccc2)=CCC1. The van der Waals surface area contributed by atoms with Crippen molar-refractivity contribution in [3.8, 4) is 5.75 Å². The largest absolute Gasteiger partial charge is 0.458 e. The topological polar surface area (TPSA) is 9.23 Å². The molecule has 0 unspecified atom stereocenters. The normalized spacial score (nSPS) is 14.0. The quantitative estimate of drug-likeness (QED) is 0.305. The Hall–Kier alpha value is -1.50. The number of rotatable bonds is 14. The summed E-state index contributed by atoms with van der Waals surface area (Å²) in [5.41, 5.74) is 1.56. The highest BCUT2D eigenvalue weighted by Gasteiger charge is 2.07. The summed E-state index contributed by atoms with van der Waals surface area (Å²) < 4.78 is 5.98. The number of hydrogen-bond acceptors (Lipinski definition) is 1. The third kappa shape index (κ3) is 9.27. The second-order valence-electron chi connectivity index (χ2n) is 7.65. The van der Waals surface area contributed by atoms with Crippen molar-refractivity contribution in [2.75, 3.05) is 0 Å². The molecule has 2 rings (SSSR count). The minimum atomic E-state index is 0.936. The highest BCUT2D eigenvalue weighted by molar-refractivity contribution is 5.30. The van der Waals surface area contributed by atoms with Gasteiger partial charge in [0.25, 0.3) is 0 Å². The zero-order valence-corrected chi connectivity index (χ0v) is 16.8. The number of benzene rings is 1. The Morgan fingerprint density at radius 2 is 1.38 bits per heavy atom. The van der Waals surface area contributed by atoms with Gasteiger partial charge in [0.2, 0.25) is 0 Å². The zero-order valence-electron chi connectivity index (χ0n) is 16.8. The Morgan fingerprint density at radius 1 is 0.769 bits per heavy atom. The summed E-state index contributed by atoms with van der Waals surface area (Å²) in [6, 6.07) is 10.1. The van der Waals surface area contributed by atoms with E-state index in [1.165, 1.54) is 83.5 Å². The molecule has 0 amide bonds. The molecule has 0 fully saturated rings. The molecule has 0 aliphatic heterocycles. The van der Waals surface area contributed by atoms with Crippen LogP contribution in [0.15, 0.2) is 53.8 Å². The average Bonchev–Trinajstić information content (AvgIpc) is 2.67. The van der Waals surface area contributed by atoms with Gasteiger partial charge in [-0.25, -0.2) is 0 Å². The molecule has 0 saturated heterocycles. The second-order valence-corrected chi connectivity index (χ2v) is 7.65. The van der Waals surface area contributed by atoms with E-state index in [0.717, 1.165) is 17.9 Å². The maximum atomic E-state index is 5.98. The molecule has 26 heavy (non-hydrogen) atoms. The maximum Gasteiger partial charge on any atom is 0.127 e. The van der Waals surface area contributed by atoms with E-state index in [-0.39, 0.29) is 0 Å². The van der Waals surface area contributed by atoms with Crippen molar-refractivity contribution in [1.29, 1.82) is 0 Å². The van der Waals surface area contributed by atoms with Gasteiger partial charge in [-0.2, -0.15) is 0 Å². The molecule has 0 atom stereocenters. The van der Waals surface area contributed by atoms with Crippen LogP contribution >= 0.6 is 0 Å². The standard InChI is InChI=1S/C25H38O/c1-2-3-4-5-6-7-8-9-10-11-13-17-23-18-16-21-25(22-23)26-24-19-14-12-15-20-24/h12,14-15,19-22H,2-11,13,16-18H2,1H3. The zero-order chi connectivity index (χ0) is 18.3. The molecule has 0 spiro atoms. The summed E-state index contributed by atoms with van der Waals surface area (Å²) in [5.74, 6) is 1.96. The van der Waals surface area contributed by atoms with E-state index in [1.807, 2.05) is 30.3 Å². The van der Waals surface area contributed by atoms with Gasteiger partial charge in [-0.3, -0.25) is 0 Å². The Balaban J connectivity index is 1.51. The van der Waals surface area contributed by atoms with Gasteiger partial charge in [0.1, 0.15) is 11.5 Å². The van der Waals surface area contributed by atoms with Crippen molar-refractivity contribution in [3.05, 3.63) is 53.8 Å². The second kappa shape index (κ2) is 13.7. The van der Waals surface area contributed by atoms with Crippen LogP contribution in [0.1, 0.15) is 96.8 Å². The Bertz CT molecular complexity index is 526. The number of unbranched alkanes of at least 4 members (excludes halogenated alkanes) is 10. The van der Waals surface area contributed by atoms with Gasteiger partial charge < -0.3 is 4.74 Å². The van der Waals surface area contributed by atoms with E-state index in [1.54, 1.807) is 5.57 Å². The first-order valence-electron chi connectivity index (χ1n) is 11.0. The summed E-state index contributed by atoms with van der Waals surface area (Å²) >= 11 is 0. The molecule has 0 bridgehead atoms. The Morgan fingerprint density at radius 3 is 2.04 bits per heavy atom. The number of ether oxygens (including phenoxy) is 1. The van der Waals surface area contributed by atoms with Gasteiger partial charge >= 0.3 is 0 Å². The van der Waals surface area contributed by atoms with Crippen molar-refractivity contribution in [1.82, 2.24) is 0 Å². The molecule has 1 aromatic carbocycles. The number of allylic oxidation sites excluding steroid dienone is 3. The van der Waals surface area contributed by atoms with E-state index in [0.29, 0.717) is 0 Å². The number of para-hydroxylation sites is 1. The fraction of sp³-hybridized carbons (Fsp3) is 0.600. The first-order chi connectivity index (χ1) is 12.9. The van der Waals surface area contributed by atoms with Gasteiger partial charge in [-0.05, 0) is 50.0 Å². The summed E-state index contributed by atoms with van der Waals surface area (Å²) in [4.78, 5) is 0. The molecule has 0 saturated carbocycles. The van der Waals surface area contributed by atoms with Crippen LogP contribution in [-0.4, -0.2) is 0 Å². The molecule has 0 heterocycles. The van der Waals surface area contributed by atoms with Crippen molar-refractivity contribution in [2.45, 2.75) is 96.8 Å². The molecule has 0 aromatic heterocycles. The summed E-state index contributed by atoms with van der Waals surface area (Å²) in [7, 11) is 0. The molecule has 1 aliphatic rings. The number of hydrogen-bond donors (Lipinski definition) is 0. The van der Waals surface area contributed by atoms with Crippen LogP contribution in [0.25, 0.3) is 0 Å². The van der Waals surface area contributed by atoms with Gasteiger partial charge in [0.15, 0.2) is 0 Å². The summed E-state index contributed by atoms with van der Waals surface area (Å²) in [6.45, 7) is 2.29. The van der Waals surface area contributed by atoms with E-state index < -0.39 is 0 Å². The highest BCUT2D eigenvalue weighted by Crippen LogP contribution is 2.25. The molecule has 144 valence electrons. The van der Waals surface area contributed by atoms with Crippen molar-refractivity contribution >= 4 is 0 Å². The van der Waals surface area contributed by atoms with Crippen LogP contribution in [-0.2, 0) is 0 Å². The van der Waals surface area contributed by atoms with Gasteiger partial charge in [-0.1, -0.05) is 94.9 Å². The Kier molecular flexibility index (Phi) is 10.9. The van der Waals surface area contributed by atoms with Crippen LogP contribution in [0.5, 0.6) is 5.75 Å². The van der Waals surface area contributed by atoms with Crippen molar-refractivity contribution < 1.29 is 4.74 Å². The van der Waals surface area contributed by atoms with Crippen LogP contribution in [0.3, 0.4) is 0 Å². The molecule has 1 aliphatic carbocycles. The predicted octanol–water partition coefficient (Wildman–Crippen LogP) is 8.37. The lowest BCUT2D eigenvalue weighted by atomic mass is 9.97.